The molecule has 0 aliphatic rings. The molecule has 0 fully saturated rings. The summed E-state index contributed by atoms with van der Waals surface area (Å²) >= 11 is 1.45. The lowest BCUT2D eigenvalue weighted by atomic mass is 9.97. The molecule has 0 unspecified atom stereocenters. The summed E-state index contributed by atoms with van der Waals surface area (Å²) in [5.74, 6) is -0.296. The van der Waals surface area contributed by atoms with Gasteiger partial charge in [0.1, 0.15) is 10.6 Å². The Bertz CT molecular complexity index is 1390. The summed E-state index contributed by atoms with van der Waals surface area (Å²) in [6.45, 7) is 2.47. The van der Waals surface area contributed by atoms with Crippen LogP contribution in [-0.4, -0.2) is 27.6 Å². The molecular weight excluding hydrogens is 445 g/mol. The van der Waals surface area contributed by atoms with Gasteiger partial charge in [-0.25, -0.2) is 4.39 Å². The van der Waals surface area contributed by atoms with Gasteiger partial charge in [0.15, 0.2) is 0 Å². The normalized spacial score (nSPS) is 11.3. The second-order valence-electron chi connectivity index (χ2n) is 8.34. The number of halogens is 1. The van der Waals surface area contributed by atoms with Gasteiger partial charge in [-0.1, -0.05) is 72.8 Å². The van der Waals surface area contributed by atoms with Crippen LogP contribution in [-0.2, 0) is 6.54 Å². The van der Waals surface area contributed by atoms with Crippen molar-refractivity contribution in [3.63, 3.8) is 0 Å². The third-order valence-corrected chi connectivity index (χ3v) is 7.14. The zero-order valence-corrected chi connectivity index (χ0v) is 19.8. The number of hydrogen-bond donors (Lipinski definition) is 0. The van der Waals surface area contributed by atoms with Crippen LogP contribution in [0.4, 0.5) is 4.39 Å². The van der Waals surface area contributed by atoms with E-state index < -0.39 is 0 Å². The Morgan fingerprint density at radius 1 is 0.971 bits per heavy atom. The third-order valence-electron chi connectivity index (χ3n) is 6.00. The summed E-state index contributed by atoms with van der Waals surface area (Å²) in [4.78, 5) is 17.1. The molecule has 0 saturated carbocycles. The second kappa shape index (κ2) is 9.23. The molecule has 6 heteroatoms. The van der Waals surface area contributed by atoms with Crippen LogP contribution in [0, 0.1) is 12.7 Å². The van der Waals surface area contributed by atoms with Gasteiger partial charge < -0.3 is 4.90 Å². The van der Waals surface area contributed by atoms with E-state index in [1.165, 1.54) is 23.5 Å². The van der Waals surface area contributed by atoms with Crippen molar-refractivity contribution in [3.05, 3.63) is 124 Å². The van der Waals surface area contributed by atoms with E-state index in [9.17, 15) is 9.18 Å². The van der Waals surface area contributed by atoms with Gasteiger partial charge in [-0.05, 0) is 41.8 Å². The molecule has 5 rings (SSSR count). The van der Waals surface area contributed by atoms with Crippen LogP contribution >= 0.6 is 11.3 Å². The second-order valence-corrected chi connectivity index (χ2v) is 9.37. The van der Waals surface area contributed by atoms with Gasteiger partial charge in [0, 0.05) is 12.4 Å². The van der Waals surface area contributed by atoms with E-state index in [0.717, 1.165) is 32.6 Å². The zero-order chi connectivity index (χ0) is 23.7. The van der Waals surface area contributed by atoms with Gasteiger partial charge in [0.05, 0.1) is 23.2 Å². The van der Waals surface area contributed by atoms with Crippen LogP contribution < -0.4 is 0 Å². The number of fused-ring (bicyclic) bond motifs is 1. The fraction of sp³-hybridized carbons (Fsp3) is 0.143. The first-order valence-corrected chi connectivity index (χ1v) is 11.9. The lowest BCUT2D eigenvalue weighted by Gasteiger charge is -2.29. The highest BCUT2D eigenvalue weighted by molar-refractivity contribution is 7.20. The minimum Gasteiger partial charge on any atom is -0.330 e. The van der Waals surface area contributed by atoms with Crippen LogP contribution in [0.3, 0.4) is 0 Å². The summed E-state index contributed by atoms with van der Waals surface area (Å²) < 4.78 is 15.2. The number of carbonyl (C=O) groups excluding carboxylic acids is 1. The maximum absolute atomic E-state index is 13.7. The van der Waals surface area contributed by atoms with Gasteiger partial charge in [0.25, 0.3) is 5.91 Å². The number of amides is 1. The molecule has 2 aromatic heterocycles. The fourth-order valence-electron chi connectivity index (χ4n) is 4.29. The maximum Gasteiger partial charge on any atom is 0.264 e. The predicted octanol–water partition coefficient (Wildman–Crippen LogP) is 6.46. The summed E-state index contributed by atoms with van der Waals surface area (Å²) in [7, 11) is 1.86. The van der Waals surface area contributed by atoms with Crippen molar-refractivity contribution in [3.8, 4) is 0 Å². The van der Waals surface area contributed by atoms with Gasteiger partial charge in [-0.15, -0.1) is 11.3 Å². The molecule has 0 bridgehead atoms. The molecule has 1 amide bonds. The molecule has 0 atom stereocenters. The number of aromatic nitrogens is 2. The molecular formula is C28H24FN3OS. The lowest BCUT2D eigenvalue weighted by molar-refractivity contribution is 0.0760. The number of benzene rings is 3. The highest BCUT2D eigenvalue weighted by atomic mass is 32.1. The number of aryl methyl sites for hydroxylation is 1. The van der Waals surface area contributed by atoms with Crippen molar-refractivity contribution in [2.24, 2.45) is 0 Å². The van der Waals surface area contributed by atoms with E-state index in [1.807, 2.05) is 66.0 Å². The predicted molar refractivity (Wildman–Crippen MR) is 135 cm³/mol. The maximum atomic E-state index is 13.7. The van der Waals surface area contributed by atoms with E-state index in [2.05, 4.69) is 29.4 Å². The summed E-state index contributed by atoms with van der Waals surface area (Å²) in [5.41, 5.74) is 3.95. The van der Waals surface area contributed by atoms with Crippen molar-refractivity contribution in [2.45, 2.75) is 19.5 Å². The van der Waals surface area contributed by atoms with Crippen LogP contribution in [0.5, 0.6) is 0 Å². The van der Waals surface area contributed by atoms with Crippen LogP contribution in [0.2, 0.25) is 0 Å². The number of hydrogen-bond acceptors (Lipinski definition) is 3. The first-order valence-electron chi connectivity index (χ1n) is 11.1. The van der Waals surface area contributed by atoms with E-state index in [4.69, 9.17) is 0 Å². The Morgan fingerprint density at radius 3 is 2.15 bits per heavy atom. The molecule has 0 saturated heterocycles. The molecule has 3 aromatic carbocycles. The molecule has 2 heterocycles. The van der Waals surface area contributed by atoms with E-state index in [-0.39, 0.29) is 17.8 Å². The first-order chi connectivity index (χ1) is 16.5. The number of nitrogens with zero attached hydrogens (tertiary/aromatic N) is 3. The number of thiophene rings is 1. The monoisotopic (exact) mass is 469 g/mol. The van der Waals surface area contributed by atoms with Gasteiger partial charge in [-0.3, -0.25) is 9.48 Å². The van der Waals surface area contributed by atoms with Gasteiger partial charge in [0.2, 0.25) is 0 Å². The highest BCUT2D eigenvalue weighted by Gasteiger charge is 2.26. The first kappa shape index (κ1) is 22.0. The Balaban J connectivity index is 1.49. The SMILES string of the molecule is Cc1nn(Cc2ccc(F)cc2)c2sc(C(=O)N(C)C(c3ccccc3)c3ccccc3)cc12. The average molecular weight is 470 g/mol. The quantitative estimate of drug-likeness (QED) is 0.286. The van der Waals surface area contributed by atoms with Crippen LogP contribution in [0.25, 0.3) is 10.2 Å². The minimum atomic E-state index is -0.260. The smallest absolute Gasteiger partial charge is 0.264 e. The van der Waals surface area contributed by atoms with Crippen molar-refractivity contribution < 1.29 is 9.18 Å². The Kier molecular flexibility index (Phi) is 5.99. The average Bonchev–Trinajstić information content (AvgIpc) is 3.42. The molecule has 4 nitrogen and oxygen atoms in total. The summed E-state index contributed by atoms with van der Waals surface area (Å²) in [5, 5.41) is 5.62. The van der Waals surface area contributed by atoms with Crippen molar-refractivity contribution in [1.82, 2.24) is 14.7 Å². The lowest BCUT2D eigenvalue weighted by Crippen LogP contribution is -2.31. The Hall–Kier alpha value is -3.77. The molecule has 170 valence electrons. The summed E-state index contributed by atoms with van der Waals surface area (Å²) in [6, 6.07) is 28.3. The van der Waals surface area contributed by atoms with E-state index >= 15 is 0 Å². The molecule has 0 N–H and O–H groups in total. The molecule has 0 aliphatic carbocycles. The molecule has 0 radical (unpaired) electrons. The minimum absolute atomic E-state index is 0.0355. The highest BCUT2D eigenvalue weighted by Crippen LogP contribution is 2.33. The van der Waals surface area contributed by atoms with Crippen LogP contribution in [0.1, 0.15) is 38.1 Å². The van der Waals surface area contributed by atoms with E-state index in [0.29, 0.717) is 11.4 Å². The van der Waals surface area contributed by atoms with Crippen LogP contribution in [0.15, 0.2) is 91.0 Å². The third kappa shape index (κ3) is 4.24. The zero-order valence-electron chi connectivity index (χ0n) is 19.0. The fourth-order valence-corrected chi connectivity index (χ4v) is 5.43. The number of carbonyl (C=O) groups is 1. The van der Waals surface area contributed by atoms with Crippen molar-refractivity contribution in [1.29, 1.82) is 0 Å². The van der Waals surface area contributed by atoms with Crippen molar-refractivity contribution >= 4 is 27.5 Å². The van der Waals surface area contributed by atoms with Gasteiger partial charge >= 0.3 is 0 Å². The Morgan fingerprint density at radius 2 is 1.56 bits per heavy atom. The summed E-state index contributed by atoms with van der Waals surface area (Å²) in [6.07, 6.45) is 0. The standard InChI is InChI=1S/C28H24FN3OS/c1-19-24-17-25(34-28(24)32(30-19)18-20-13-15-23(29)16-14-20)27(33)31(2)26(21-9-5-3-6-10-21)22-11-7-4-8-12-22/h3-17,26H,18H2,1-2H3. The molecule has 34 heavy (non-hydrogen) atoms. The van der Waals surface area contributed by atoms with E-state index in [1.54, 1.807) is 12.1 Å². The molecule has 0 spiro atoms. The molecule has 5 aromatic rings. The largest absolute Gasteiger partial charge is 0.330 e. The topological polar surface area (TPSA) is 38.1 Å². The number of rotatable bonds is 6. The van der Waals surface area contributed by atoms with Gasteiger partial charge in [-0.2, -0.15) is 5.10 Å². The van der Waals surface area contributed by atoms with Crippen molar-refractivity contribution in [2.75, 3.05) is 7.05 Å². The molecule has 0 aliphatic heterocycles. The Labute approximate surface area is 201 Å².